The minimum Gasteiger partial charge on any atom is -0.485 e. The average Bonchev–Trinajstić information content (AvgIpc) is 2.66. The molecule has 1 N–H and O–H groups in total. The Balaban J connectivity index is 1.88. The van der Waals surface area contributed by atoms with Gasteiger partial charge in [0.2, 0.25) is 0 Å². The van der Waals surface area contributed by atoms with Crippen LogP contribution < -0.4 is 4.74 Å². The molecule has 6 heteroatoms. The number of aliphatic carboxylic acids is 1. The fourth-order valence-corrected chi connectivity index (χ4v) is 1.63. The first-order valence-electron chi connectivity index (χ1n) is 5.22. The van der Waals surface area contributed by atoms with E-state index in [1.165, 1.54) is 10.9 Å². The first kappa shape index (κ1) is 10.9. The summed E-state index contributed by atoms with van der Waals surface area (Å²) in [6.45, 7) is 1.23. The Morgan fingerprint density at radius 3 is 3.31 bits per heavy atom. The maximum absolute atomic E-state index is 10.4. The SMILES string of the molecule is O=C(O)Cn1cc(OC2CCCOC2)cn1. The zero-order chi connectivity index (χ0) is 11.4. The van der Waals surface area contributed by atoms with Crippen LogP contribution in [0.2, 0.25) is 0 Å². The molecular weight excluding hydrogens is 212 g/mol. The number of hydrogen-bond acceptors (Lipinski definition) is 4. The molecule has 0 saturated carbocycles. The first-order valence-corrected chi connectivity index (χ1v) is 5.22. The quantitative estimate of drug-likeness (QED) is 0.810. The van der Waals surface area contributed by atoms with Crippen LogP contribution in [0.15, 0.2) is 12.4 Å². The highest BCUT2D eigenvalue weighted by Gasteiger charge is 2.16. The van der Waals surface area contributed by atoms with Gasteiger partial charge in [0.1, 0.15) is 12.6 Å². The Morgan fingerprint density at radius 2 is 2.62 bits per heavy atom. The van der Waals surface area contributed by atoms with Crippen LogP contribution in [0.5, 0.6) is 5.75 Å². The van der Waals surface area contributed by atoms with Crippen molar-refractivity contribution < 1.29 is 19.4 Å². The van der Waals surface area contributed by atoms with Gasteiger partial charge in [-0.05, 0) is 12.8 Å². The van der Waals surface area contributed by atoms with E-state index in [1.54, 1.807) is 6.20 Å². The molecule has 0 aliphatic carbocycles. The third kappa shape index (κ3) is 2.96. The van der Waals surface area contributed by atoms with E-state index in [1.807, 2.05) is 0 Å². The van der Waals surface area contributed by atoms with Crippen molar-refractivity contribution in [3.05, 3.63) is 12.4 Å². The predicted octanol–water partition coefficient (Wildman–Crippen LogP) is 0.525. The lowest BCUT2D eigenvalue weighted by atomic mass is 10.2. The van der Waals surface area contributed by atoms with Gasteiger partial charge in [0, 0.05) is 6.61 Å². The Morgan fingerprint density at radius 1 is 1.75 bits per heavy atom. The fraction of sp³-hybridized carbons (Fsp3) is 0.600. The molecule has 1 atom stereocenters. The molecule has 0 bridgehead atoms. The minimum absolute atomic E-state index is 0.0521. The molecule has 1 unspecified atom stereocenters. The van der Waals surface area contributed by atoms with Gasteiger partial charge in [0.05, 0.1) is 19.0 Å². The topological polar surface area (TPSA) is 73.6 Å². The number of carboxylic acid groups (broad SMARTS) is 1. The Bertz CT molecular complexity index is 357. The standard InChI is InChI=1S/C10H14N2O4/c13-10(14)6-12-5-9(4-11-12)16-8-2-1-3-15-7-8/h4-5,8H,1-3,6-7H2,(H,13,14). The molecule has 1 aliphatic rings. The van der Waals surface area contributed by atoms with Crippen molar-refractivity contribution in [1.82, 2.24) is 9.78 Å². The second-order valence-electron chi connectivity index (χ2n) is 3.72. The molecule has 0 aromatic carbocycles. The number of ether oxygens (including phenoxy) is 2. The van der Waals surface area contributed by atoms with Crippen LogP contribution in [0, 0.1) is 0 Å². The number of hydrogen-bond donors (Lipinski definition) is 1. The van der Waals surface area contributed by atoms with Gasteiger partial charge in [-0.25, -0.2) is 0 Å². The number of rotatable bonds is 4. The van der Waals surface area contributed by atoms with Crippen molar-refractivity contribution in [2.24, 2.45) is 0 Å². The molecule has 16 heavy (non-hydrogen) atoms. The van der Waals surface area contributed by atoms with Gasteiger partial charge in [-0.3, -0.25) is 9.48 Å². The van der Waals surface area contributed by atoms with E-state index in [9.17, 15) is 4.79 Å². The smallest absolute Gasteiger partial charge is 0.325 e. The maximum atomic E-state index is 10.4. The number of carbonyl (C=O) groups is 1. The maximum Gasteiger partial charge on any atom is 0.325 e. The van der Waals surface area contributed by atoms with Crippen molar-refractivity contribution in [2.45, 2.75) is 25.5 Å². The van der Waals surface area contributed by atoms with Crippen LogP contribution >= 0.6 is 0 Å². The van der Waals surface area contributed by atoms with Crippen LogP contribution in [-0.4, -0.2) is 40.2 Å². The van der Waals surface area contributed by atoms with Crippen molar-refractivity contribution in [3.63, 3.8) is 0 Å². The van der Waals surface area contributed by atoms with Crippen molar-refractivity contribution in [2.75, 3.05) is 13.2 Å². The number of aromatic nitrogens is 2. The van der Waals surface area contributed by atoms with E-state index in [4.69, 9.17) is 14.6 Å². The second kappa shape index (κ2) is 4.98. The average molecular weight is 226 g/mol. The Labute approximate surface area is 92.8 Å². The molecule has 6 nitrogen and oxygen atoms in total. The predicted molar refractivity (Wildman–Crippen MR) is 54.3 cm³/mol. The molecule has 2 rings (SSSR count). The lowest BCUT2D eigenvalue weighted by molar-refractivity contribution is -0.137. The molecule has 88 valence electrons. The van der Waals surface area contributed by atoms with Gasteiger partial charge in [0.15, 0.2) is 5.75 Å². The van der Waals surface area contributed by atoms with Crippen LogP contribution in [0.25, 0.3) is 0 Å². The largest absolute Gasteiger partial charge is 0.485 e. The summed E-state index contributed by atoms with van der Waals surface area (Å²) < 4.78 is 12.2. The van der Waals surface area contributed by atoms with Crippen molar-refractivity contribution in [1.29, 1.82) is 0 Å². The Kier molecular flexibility index (Phi) is 3.40. The van der Waals surface area contributed by atoms with E-state index in [0.29, 0.717) is 12.4 Å². The molecule has 1 aromatic rings. The molecule has 0 amide bonds. The van der Waals surface area contributed by atoms with Crippen molar-refractivity contribution in [3.8, 4) is 5.75 Å². The van der Waals surface area contributed by atoms with Crippen LogP contribution in [0.3, 0.4) is 0 Å². The van der Waals surface area contributed by atoms with Crippen LogP contribution in [0.4, 0.5) is 0 Å². The van der Waals surface area contributed by atoms with E-state index >= 15 is 0 Å². The van der Waals surface area contributed by atoms with Crippen LogP contribution in [-0.2, 0) is 16.1 Å². The highest BCUT2D eigenvalue weighted by molar-refractivity contribution is 5.66. The molecule has 1 aromatic heterocycles. The highest BCUT2D eigenvalue weighted by atomic mass is 16.5. The van der Waals surface area contributed by atoms with Crippen LogP contribution in [0.1, 0.15) is 12.8 Å². The summed E-state index contributed by atoms with van der Waals surface area (Å²) in [4.78, 5) is 10.4. The van der Waals surface area contributed by atoms with E-state index in [-0.39, 0.29) is 12.6 Å². The third-order valence-electron chi connectivity index (χ3n) is 2.33. The molecule has 1 aliphatic heterocycles. The summed E-state index contributed by atoms with van der Waals surface area (Å²) in [5.41, 5.74) is 0. The molecule has 0 radical (unpaired) electrons. The zero-order valence-corrected chi connectivity index (χ0v) is 8.83. The zero-order valence-electron chi connectivity index (χ0n) is 8.83. The lowest BCUT2D eigenvalue weighted by Crippen LogP contribution is -2.27. The second-order valence-corrected chi connectivity index (χ2v) is 3.72. The molecule has 2 heterocycles. The van der Waals surface area contributed by atoms with Crippen molar-refractivity contribution >= 4 is 5.97 Å². The van der Waals surface area contributed by atoms with E-state index in [2.05, 4.69) is 5.10 Å². The van der Waals surface area contributed by atoms with Gasteiger partial charge in [-0.2, -0.15) is 5.10 Å². The molecule has 1 fully saturated rings. The summed E-state index contributed by atoms with van der Waals surface area (Å²) in [5, 5.41) is 12.5. The number of carboxylic acids is 1. The normalized spacial score (nSPS) is 20.6. The molecule has 1 saturated heterocycles. The first-order chi connectivity index (χ1) is 7.74. The van der Waals surface area contributed by atoms with E-state index in [0.717, 1.165) is 19.4 Å². The summed E-state index contributed by atoms with van der Waals surface area (Å²) >= 11 is 0. The van der Waals surface area contributed by atoms with Gasteiger partial charge in [-0.15, -0.1) is 0 Å². The number of nitrogens with zero attached hydrogens (tertiary/aromatic N) is 2. The molecule has 0 spiro atoms. The lowest BCUT2D eigenvalue weighted by Gasteiger charge is -2.22. The summed E-state index contributed by atoms with van der Waals surface area (Å²) in [7, 11) is 0. The monoisotopic (exact) mass is 226 g/mol. The minimum atomic E-state index is -0.921. The summed E-state index contributed by atoms with van der Waals surface area (Å²) in [5.74, 6) is -0.326. The van der Waals surface area contributed by atoms with Gasteiger partial charge in [0.25, 0.3) is 0 Å². The highest BCUT2D eigenvalue weighted by Crippen LogP contribution is 2.16. The van der Waals surface area contributed by atoms with E-state index < -0.39 is 5.97 Å². The fourth-order valence-electron chi connectivity index (χ4n) is 1.63. The van der Waals surface area contributed by atoms with Gasteiger partial charge in [-0.1, -0.05) is 0 Å². The summed E-state index contributed by atoms with van der Waals surface area (Å²) in [6.07, 6.45) is 5.12. The summed E-state index contributed by atoms with van der Waals surface area (Å²) in [6, 6.07) is 0. The molecular formula is C10H14N2O4. The third-order valence-corrected chi connectivity index (χ3v) is 2.33. The van der Waals surface area contributed by atoms with Gasteiger partial charge >= 0.3 is 5.97 Å². The Hall–Kier alpha value is -1.56. The van der Waals surface area contributed by atoms with Gasteiger partial charge < -0.3 is 14.6 Å².